The number of likely N-dealkylation sites (N-methyl/N-ethyl adjacent to an activating group) is 1. The van der Waals surface area contributed by atoms with Gasteiger partial charge in [-0.2, -0.15) is 0 Å². The third kappa shape index (κ3) is 4.83. The molecule has 1 atom stereocenters. The molecule has 3 N–H and O–H groups in total. The highest BCUT2D eigenvalue weighted by atomic mass is 16.3. The van der Waals surface area contributed by atoms with Crippen molar-refractivity contribution in [2.45, 2.75) is 39.8 Å². The van der Waals surface area contributed by atoms with E-state index in [4.69, 9.17) is 10.2 Å². The number of rotatable bonds is 4. The summed E-state index contributed by atoms with van der Waals surface area (Å²) in [5, 5.41) is 3.74. The first-order valence-electron chi connectivity index (χ1n) is 10.4. The second-order valence-electron chi connectivity index (χ2n) is 7.25. The summed E-state index contributed by atoms with van der Waals surface area (Å²) in [6.45, 7) is 6.38. The van der Waals surface area contributed by atoms with Gasteiger partial charge in [0.05, 0.1) is 12.6 Å². The van der Waals surface area contributed by atoms with Crippen LogP contribution in [0.5, 0.6) is 0 Å². The maximum Gasteiger partial charge on any atom is 0.246 e. The molecule has 0 saturated heterocycles. The number of anilines is 1. The number of aryl methyl sites for hydroxylation is 1. The lowest BCUT2D eigenvalue weighted by molar-refractivity contribution is -0.125. The van der Waals surface area contributed by atoms with Gasteiger partial charge in [-0.3, -0.25) is 9.59 Å². The molecule has 162 valence electrons. The number of nitrogens with zero attached hydrogens (tertiary/aromatic N) is 2. The summed E-state index contributed by atoms with van der Waals surface area (Å²) < 4.78 is 5.89. The van der Waals surface area contributed by atoms with Crippen molar-refractivity contribution in [3.05, 3.63) is 65.1 Å². The molecule has 2 amide bonds. The summed E-state index contributed by atoms with van der Waals surface area (Å²) in [7, 11) is 1.74. The van der Waals surface area contributed by atoms with Crippen molar-refractivity contribution < 1.29 is 14.0 Å². The highest BCUT2D eigenvalue weighted by Crippen LogP contribution is 2.26. The predicted octanol–water partition coefficient (Wildman–Crippen LogP) is 3.66. The van der Waals surface area contributed by atoms with Gasteiger partial charge in [-0.25, -0.2) is 4.98 Å². The van der Waals surface area contributed by atoms with E-state index < -0.39 is 6.04 Å². The van der Waals surface area contributed by atoms with Gasteiger partial charge >= 0.3 is 0 Å². The lowest BCUT2D eigenvalue weighted by Gasteiger charge is -2.20. The molecule has 31 heavy (non-hydrogen) atoms. The van der Waals surface area contributed by atoms with Crippen molar-refractivity contribution in [1.29, 1.82) is 0 Å². The second-order valence-corrected chi connectivity index (χ2v) is 7.25. The number of pyridine rings is 1. The molecule has 1 unspecified atom stereocenters. The van der Waals surface area contributed by atoms with Crippen molar-refractivity contribution in [2.75, 3.05) is 12.4 Å². The van der Waals surface area contributed by atoms with Gasteiger partial charge in [-0.1, -0.05) is 32.0 Å². The predicted molar refractivity (Wildman–Crippen MR) is 122 cm³/mol. The van der Waals surface area contributed by atoms with Gasteiger partial charge in [0.2, 0.25) is 11.8 Å². The van der Waals surface area contributed by atoms with E-state index in [9.17, 15) is 9.59 Å². The van der Waals surface area contributed by atoms with E-state index in [1.165, 1.54) is 6.08 Å². The Balaban J connectivity index is 0.00000132. The Hall–Kier alpha value is -3.45. The minimum Gasteiger partial charge on any atom is -0.459 e. The third-order valence-electron chi connectivity index (χ3n) is 5.12. The Morgan fingerprint density at radius 2 is 2.10 bits per heavy atom. The Kier molecular flexibility index (Phi) is 6.87. The normalized spacial score (nSPS) is 15.3. The van der Waals surface area contributed by atoms with Gasteiger partial charge in [0.15, 0.2) is 0 Å². The summed E-state index contributed by atoms with van der Waals surface area (Å²) in [5.41, 5.74) is 9.29. The van der Waals surface area contributed by atoms with Gasteiger partial charge in [-0.05, 0) is 36.3 Å². The molecule has 0 fully saturated rings. The Bertz CT molecular complexity index is 1130. The van der Waals surface area contributed by atoms with Crippen LogP contribution in [-0.2, 0) is 22.6 Å². The number of hydrogen-bond donors (Lipinski definition) is 2. The molecule has 1 aromatic carbocycles. The van der Waals surface area contributed by atoms with Crippen molar-refractivity contribution in [1.82, 2.24) is 9.88 Å². The van der Waals surface area contributed by atoms with Gasteiger partial charge in [-0.15, -0.1) is 0 Å². The van der Waals surface area contributed by atoms with E-state index >= 15 is 0 Å². The van der Waals surface area contributed by atoms with Crippen LogP contribution in [0.4, 0.5) is 5.82 Å². The van der Waals surface area contributed by atoms with E-state index in [-0.39, 0.29) is 11.8 Å². The van der Waals surface area contributed by atoms with Gasteiger partial charge in [0, 0.05) is 36.7 Å². The zero-order valence-electron chi connectivity index (χ0n) is 18.3. The SMILES string of the molecule is CC.Cc1c(CN(C)C(=O)/C=C/c2cnc3c(c2)CC(N)C(=O)N3)oc2ccccc12. The maximum atomic E-state index is 12.5. The molecular weight excluding hydrogens is 392 g/mol. The molecule has 7 nitrogen and oxygen atoms in total. The number of amides is 2. The minimum atomic E-state index is -0.580. The molecule has 3 aromatic rings. The number of carbonyl (C=O) groups excluding carboxylic acids is 2. The topological polar surface area (TPSA) is 101 Å². The minimum absolute atomic E-state index is 0.146. The Labute approximate surface area is 181 Å². The van der Waals surface area contributed by atoms with Crippen LogP contribution >= 0.6 is 0 Å². The number of nitrogens with one attached hydrogen (secondary N) is 1. The van der Waals surface area contributed by atoms with Crippen molar-refractivity contribution >= 4 is 34.7 Å². The van der Waals surface area contributed by atoms with Crippen LogP contribution in [-0.4, -0.2) is 34.8 Å². The lowest BCUT2D eigenvalue weighted by atomic mass is 10.0. The largest absolute Gasteiger partial charge is 0.459 e. The number of carbonyl (C=O) groups is 2. The second kappa shape index (κ2) is 9.57. The van der Waals surface area contributed by atoms with E-state index in [2.05, 4.69) is 10.3 Å². The molecule has 0 aliphatic carbocycles. The number of fused-ring (bicyclic) bond motifs is 2. The molecular formula is C24H28N4O3. The summed E-state index contributed by atoms with van der Waals surface area (Å²) in [6, 6.07) is 9.13. The standard InChI is InChI=1S/C22H22N4O3.C2H6/c1-13-16-5-3-4-6-18(16)29-19(13)12-26(2)20(27)8-7-14-9-15-10-17(23)22(28)25-21(15)24-11-14;1-2/h3-9,11,17H,10,12,23H2,1-2H3,(H,24,25,28);1-2H3/b8-7+;. The number of nitrogens with two attached hydrogens (primary N) is 1. The first-order valence-corrected chi connectivity index (χ1v) is 10.4. The van der Waals surface area contributed by atoms with Crippen LogP contribution in [0.1, 0.15) is 36.3 Å². The molecule has 0 spiro atoms. The highest BCUT2D eigenvalue weighted by molar-refractivity contribution is 5.97. The fourth-order valence-corrected chi connectivity index (χ4v) is 3.39. The molecule has 0 radical (unpaired) electrons. The fraction of sp³-hybridized carbons (Fsp3) is 0.292. The summed E-state index contributed by atoms with van der Waals surface area (Å²) in [4.78, 5) is 30.0. The number of para-hydroxylation sites is 1. The molecule has 7 heteroatoms. The van der Waals surface area contributed by atoms with Gasteiger partial charge < -0.3 is 20.4 Å². The third-order valence-corrected chi connectivity index (χ3v) is 5.12. The smallest absolute Gasteiger partial charge is 0.246 e. The van der Waals surface area contributed by atoms with Crippen molar-refractivity contribution in [2.24, 2.45) is 5.73 Å². The van der Waals surface area contributed by atoms with Crippen molar-refractivity contribution in [3.8, 4) is 0 Å². The molecule has 1 aliphatic heterocycles. The van der Waals surface area contributed by atoms with Crippen molar-refractivity contribution in [3.63, 3.8) is 0 Å². The molecule has 4 rings (SSSR count). The van der Waals surface area contributed by atoms with E-state index in [1.54, 1.807) is 24.2 Å². The fourth-order valence-electron chi connectivity index (χ4n) is 3.39. The molecule has 1 aliphatic rings. The lowest BCUT2D eigenvalue weighted by Crippen LogP contribution is -2.41. The highest BCUT2D eigenvalue weighted by Gasteiger charge is 2.23. The van der Waals surface area contributed by atoms with Crippen LogP contribution in [0.2, 0.25) is 0 Å². The monoisotopic (exact) mass is 420 g/mol. The number of furan rings is 1. The first-order chi connectivity index (χ1) is 14.9. The van der Waals surface area contributed by atoms with Crippen LogP contribution < -0.4 is 11.1 Å². The summed E-state index contributed by atoms with van der Waals surface area (Å²) in [5.74, 6) is 0.923. The molecule has 3 heterocycles. The molecule has 2 aromatic heterocycles. The summed E-state index contributed by atoms with van der Waals surface area (Å²) in [6.07, 6.45) is 5.25. The maximum absolute atomic E-state index is 12.5. The number of hydrogen-bond acceptors (Lipinski definition) is 5. The number of benzene rings is 1. The quantitative estimate of drug-likeness (QED) is 0.627. The van der Waals surface area contributed by atoms with Crippen LogP contribution in [0, 0.1) is 6.92 Å². The molecule has 0 saturated carbocycles. The van der Waals surface area contributed by atoms with E-state index in [0.29, 0.717) is 18.8 Å². The zero-order valence-corrected chi connectivity index (χ0v) is 18.3. The van der Waals surface area contributed by atoms with E-state index in [1.807, 2.05) is 51.1 Å². The van der Waals surface area contributed by atoms with Gasteiger partial charge in [0.1, 0.15) is 17.2 Å². The number of aromatic nitrogens is 1. The average molecular weight is 421 g/mol. The average Bonchev–Trinajstić information content (AvgIpc) is 3.09. The van der Waals surface area contributed by atoms with Crippen LogP contribution in [0.3, 0.4) is 0 Å². The zero-order chi connectivity index (χ0) is 22.5. The Morgan fingerprint density at radius 3 is 2.84 bits per heavy atom. The first kappa shape index (κ1) is 22.2. The van der Waals surface area contributed by atoms with Crippen LogP contribution in [0.25, 0.3) is 17.0 Å². The Morgan fingerprint density at radius 1 is 1.35 bits per heavy atom. The molecule has 0 bridgehead atoms. The van der Waals surface area contributed by atoms with Gasteiger partial charge in [0.25, 0.3) is 0 Å². The summed E-state index contributed by atoms with van der Waals surface area (Å²) >= 11 is 0. The van der Waals surface area contributed by atoms with Crippen LogP contribution in [0.15, 0.2) is 47.0 Å². The van der Waals surface area contributed by atoms with E-state index in [0.717, 1.165) is 33.4 Å².